The minimum absolute atomic E-state index is 0.0825. The number of nitrogens with one attached hydrogen (secondary N) is 1. The second-order valence-corrected chi connectivity index (χ2v) is 7.64. The summed E-state index contributed by atoms with van der Waals surface area (Å²) < 4.78 is 45.0. The van der Waals surface area contributed by atoms with Gasteiger partial charge < -0.3 is 9.84 Å². The van der Waals surface area contributed by atoms with Crippen molar-refractivity contribution >= 4 is 34.2 Å². The number of hydrogen-bond acceptors (Lipinski definition) is 5. The third-order valence-electron chi connectivity index (χ3n) is 5.08. The van der Waals surface area contributed by atoms with Gasteiger partial charge in [0.05, 0.1) is 39.5 Å². The van der Waals surface area contributed by atoms with Gasteiger partial charge in [0.1, 0.15) is 5.76 Å². The summed E-state index contributed by atoms with van der Waals surface area (Å²) in [5.41, 5.74) is 2.15. The largest absolute Gasteiger partial charge is 0.416 e. The Morgan fingerprint density at radius 3 is 2.44 bits per heavy atom. The summed E-state index contributed by atoms with van der Waals surface area (Å²) in [6, 6.07) is 4.13. The number of nitrogens with zero attached hydrogens (tertiary/aromatic N) is 4. The second kappa shape index (κ2) is 7.94. The Hall–Kier alpha value is -3.40. The van der Waals surface area contributed by atoms with Gasteiger partial charge in [-0.25, -0.2) is 9.67 Å². The van der Waals surface area contributed by atoms with Gasteiger partial charge in [-0.3, -0.25) is 4.79 Å². The van der Waals surface area contributed by atoms with Gasteiger partial charge in [-0.15, -0.1) is 0 Å². The van der Waals surface area contributed by atoms with Gasteiger partial charge in [-0.1, -0.05) is 16.8 Å². The van der Waals surface area contributed by atoms with Gasteiger partial charge >= 0.3 is 6.18 Å². The average Bonchev–Trinajstić information content (AvgIpc) is 3.22. The van der Waals surface area contributed by atoms with Crippen LogP contribution in [0.2, 0.25) is 5.02 Å². The number of alkyl halides is 3. The number of pyridine rings is 1. The van der Waals surface area contributed by atoms with E-state index in [1.807, 2.05) is 6.92 Å². The summed E-state index contributed by atoms with van der Waals surface area (Å²) in [5.74, 6) is 0.0736. The molecule has 0 spiro atoms. The van der Waals surface area contributed by atoms with E-state index in [4.69, 9.17) is 16.1 Å². The predicted molar refractivity (Wildman–Crippen MR) is 112 cm³/mol. The molecule has 4 rings (SSSR count). The van der Waals surface area contributed by atoms with E-state index in [9.17, 15) is 18.0 Å². The van der Waals surface area contributed by atoms with E-state index < -0.39 is 17.6 Å². The fraction of sp³-hybridized carbons (Fsp3) is 0.238. The Morgan fingerprint density at radius 1 is 1.16 bits per heavy atom. The number of rotatable bonds is 4. The Labute approximate surface area is 185 Å². The number of carbonyl (C=O) groups excluding carboxylic acids is 1. The first kappa shape index (κ1) is 21.8. The fourth-order valence-electron chi connectivity index (χ4n) is 3.36. The molecule has 32 heavy (non-hydrogen) atoms. The van der Waals surface area contributed by atoms with E-state index >= 15 is 0 Å². The van der Waals surface area contributed by atoms with E-state index in [-0.39, 0.29) is 16.3 Å². The molecule has 0 atom stereocenters. The van der Waals surface area contributed by atoms with Crippen LogP contribution in [0, 0.1) is 20.8 Å². The molecule has 4 aromatic rings. The maximum atomic E-state index is 12.7. The highest BCUT2D eigenvalue weighted by atomic mass is 35.5. The highest BCUT2D eigenvalue weighted by Crippen LogP contribution is 2.31. The topological polar surface area (TPSA) is 85.8 Å². The monoisotopic (exact) mass is 463 g/mol. The fourth-order valence-corrected chi connectivity index (χ4v) is 3.72. The molecule has 0 aliphatic heterocycles. The molecule has 0 aliphatic carbocycles. The van der Waals surface area contributed by atoms with Crippen LogP contribution < -0.4 is 5.32 Å². The van der Waals surface area contributed by atoms with E-state index in [0.717, 1.165) is 23.4 Å². The van der Waals surface area contributed by atoms with Gasteiger partial charge in [-0.05, 0) is 45.0 Å². The number of benzene rings is 1. The third-order valence-corrected chi connectivity index (χ3v) is 5.47. The zero-order valence-electron chi connectivity index (χ0n) is 17.2. The molecule has 0 bridgehead atoms. The summed E-state index contributed by atoms with van der Waals surface area (Å²) in [5, 5.41) is 11.6. The van der Waals surface area contributed by atoms with Gasteiger partial charge in [0.25, 0.3) is 5.91 Å². The molecule has 0 fully saturated rings. The zero-order chi connectivity index (χ0) is 23.2. The van der Waals surface area contributed by atoms with Crippen molar-refractivity contribution in [3.05, 3.63) is 69.3 Å². The third kappa shape index (κ3) is 3.93. The predicted octanol–water partition coefficient (Wildman–Crippen LogP) is 5.32. The van der Waals surface area contributed by atoms with Crippen LogP contribution in [0.25, 0.3) is 11.0 Å². The highest BCUT2D eigenvalue weighted by molar-refractivity contribution is 6.39. The molecule has 0 radical (unpaired) electrons. The SMILES string of the molecule is Cc1noc(C)c1Cn1nc(C)c2c(Cl)c(C(=O)Nc3ccc(C(F)(F)F)cc3)cnc21. The zero-order valence-corrected chi connectivity index (χ0v) is 18.0. The van der Waals surface area contributed by atoms with Crippen LogP contribution in [-0.2, 0) is 12.7 Å². The molecule has 1 aromatic carbocycles. The molecule has 1 N–H and O–H groups in total. The highest BCUT2D eigenvalue weighted by Gasteiger charge is 2.30. The van der Waals surface area contributed by atoms with Crippen LogP contribution in [0.15, 0.2) is 35.0 Å². The summed E-state index contributed by atoms with van der Waals surface area (Å²) in [6.07, 6.45) is -3.14. The first-order valence-corrected chi connectivity index (χ1v) is 9.86. The number of amides is 1. The molecule has 1 amide bonds. The number of aromatic nitrogens is 4. The summed E-state index contributed by atoms with van der Waals surface area (Å²) in [6.45, 7) is 5.75. The molecule has 0 saturated heterocycles. The Morgan fingerprint density at radius 2 is 1.84 bits per heavy atom. The number of anilines is 1. The van der Waals surface area contributed by atoms with Crippen LogP contribution in [0.3, 0.4) is 0 Å². The Balaban J connectivity index is 1.63. The molecular formula is C21H17ClF3N5O2. The summed E-state index contributed by atoms with van der Waals surface area (Å²) >= 11 is 6.52. The van der Waals surface area contributed by atoms with Crippen molar-refractivity contribution < 1.29 is 22.5 Å². The van der Waals surface area contributed by atoms with Crippen molar-refractivity contribution in [3.63, 3.8) is 0 Å². The van der Waals surface area contributed by atoms with Crippen molar-refractivity contribution in [1.29, 1.82) is 0 Å². The molecule has 0 saturated carbocycles. The van der Waals surface area contributed by atoms with Gasteiger partial charge in [0, 0.05) is 17.4 Å². The lowest BCUT2D eigenvalue weighted by Gasteiger charge is -2.10. The smallest absolute Gasteiger partial charge is 0.361 e. The van der Waals surface area contributed by atoms with Crippen molar-refractivity contribution in [2.24, 2.45) is 0 Å². The minimum Gasteiger partial charge on any atom is -0.361 e. The quantitative estimate of drug-likeness (QED) is 0.443. The molecule has 7 nitrogen and oxygen atoms in total. The first-order valence-electron chi connectivity index (χ1n) is 9.48. The van der Waals surface area contributed by atoms with Crippen molar-refractivity contribution in [2.75, 3.05) is 5.32 Å². The van der Waals surface area contributed by atoms with Gasteiger partial charge in [-0.2, -0.15) is 18.3 Å². The van der Waals surface area contributed by atoms with Crippen molar-refractivity contribution in [2.45, 2.75) is 33.5 Å². The lowest BCUT2D eigenvalue weighted by Crippen LogP contribution is -2.14. The summed E-state index contributed by atoms with van der Waals surface area (Å²) in [7, 11) is 0. The van der Waals surface area contributed by atoms with Crippen LogP contribution in [0.5, 0.6) is 0 Å². The van der Waals surface area contributed by atoms with Gasteiger partial charge in [0.15, 0.2) is 5.65 Å². The lowest BCUT2D eigenvalue weighted by molar-refractivity contribution is -0.137. The molecular weight excluding hydrogens is 447 g/mol. The van der Waals surface area contributed by atoms with Crippen LogP contribution in [0.4, 0.5) is 18.9 Å². The molecule has 0 unspecified atom stereocenters. The molecule has 0 aliphatic rings. The van der Waals surface area contributed by atoms with Crippen LogP contribution in [-0.4, -0.2) is 25.8 Å². The average molecular weight is 464 g/mol. The molecule has 11 heteroatoms. The Bertz CT molecular complexity index is 1310. The molecule has 166 valence electrons. The van der Waals surface area contributed by atoms with Crippen LogP contribution >= 0.6 is 11.6 Å². The van der Waals surface area contributed by atoms with E-state index in [1.165, 1.54) is 18.3 Å². The minimum atomic E-state index is -4.46. The van der Waals surface area contributed by atoms with Crippen molar-refractivity contribution in [1.82, 2.24) is 19.9 Å². The maximum absolute atomic E-state index is 12.7. The first-order chi connectivity index (χ1) is 15.1. The number of hydrogen-bond donors (Lipinski definition) is 1. The Kier molecular flexibility index (Phi) is 5.41. The van der Waals surface area contributed by atoms with Gasteiger partial charge in [0.2, 0.25) is 0 Å². The maximum Gasteiger partial charge on any atom is 0.416 e. The lowest BCUT2D eigenvalue weighted by atomic mass is 10.1. The van der Waals surface area contributed by atoms with E-state index in [0.29, 0.717) is 29.0 Å². The van der Waals surface area contributed by atoms with E-state index in [2.05, 4.69) is 20.6 Å². The number of aryl methyl sites for hydroxylation is 3. The van der Waals surface area contributed by atoms with Crippen LogP contribution in [0.1, 0.15) is 38.6 Å². The number of fused-ring (bicyclic) bond motifs is 1. The number of carbonyl (C=O) groups is 1. The summed E-state index contributed by atoms with van der Waals surface area (Å²) in [4.78, 5) is 17.1. The molecule has 3 heterocycles. The number of halogens is 4. The van der Waals surface area contributed by atoms with E-state index in [1.54, 1.807) is 18.5 Å². The standard InChI is InChI=1S/C21H17ClF3N5O2/c1-10-16(12(3)32-29-10)9-30-19-17(11(2)28-30)18(22)15(8-26-19)20(31)27-14-6-4-13(5-7-14)21(23,24)25/h4-8H,9H2,1-3H3,(H,27,31). The normalized spacial score (nSPS) is 11.8. The second-order valence-electron chi connectivity index (χ2n) is 7.26. The van der Waals surface area contributed by atoms with Crippen molar-refractivity contribution in [3.8, 4) is 0 Å². The molecule has 3 aromatic heterocycles.